The molecule has 0 heterocycles. The summed E-state index contributed by atoms with van der Waals surface area (Å²) in [6, 6.07) is 17.7. The van der Waals surface area contributed by atoms with Crippen LogP contribution in [0.3, 0.4) is 0 Å². The fourth-order valence-corrected chi connectivity index (χ4v) is 4.03. The van der Waals surface area contributed by atoms with Crippen LogP contribution in [0.15, 0.2) is 54.6 Å². The molecular weight excluding hydrogens is 331 g/mol. The van der Waals surface area contributed by atoms with Gasteiger partial charge in [-0.3, -0.25) is 0 Å². The van der Waals surface area contributed by atoms with E-state index in [2.05, 4.69) is 67.6 Å². The van der Waals surface area contributed by atoms with E-state index in [1.807, 2.05) is 0 Å². The normalized spacial score (nSPS) is 20.2. The van der Waals surface area contributed by atoms with Gasteiger partial charge in [-0.25, -0.2) is 4.39 Å². The first-order chi connectivity index (χ1) is 13.3. The smallest absolute Gasteiger partial charge is 0.100 e. The molecule has 0 amide bonds. The molecule has 1 saturated carbocycles. The summed E-state index contributed by atoms with van der Waals surface area (Å²) in [5.74, 6) is 0.538. The van der Waals surface area contributed by atoms with Crippen LogP contribution in [0.25, 0.3) is 17.2 Å². The van der Waals surface area contributed by atoms with E-state index >= 15 is 0 Å². The molecule has 27 heavy (non-hydrogen) atoms. The van der Waals surface area contributed by atoms with Crippen molar-refractivity contribution in [1.82, 2.24) is 0 Å². The van der Waals surface area contributed by atoms with E-state index in [1.165, 1.54) is 54.4 Å². The van der Waals surface area contributed by atoms with Gasteiger partial charge in [-0.05, 0) is 66.7 Å². The molecule has 0 nitrogen and oxygen atoms in total. The van der Waals surface area contributed by atoms with E-state index < -0.39 is 6.17 Å². The van der Waals surface area contributed by atoms with Crippen molar-refractivity contribution in [3.63, 3.8) is 0 Å². The maximum absolute atomic E-state index is 13.3. The third-order valence-electron chi connectivity index (χ3n) is 5.82. The van der Waals surface area contributed by atoms with Crippen LogP contribution >= 0.6 is 0 Å². The number of alkyl halides is 1. The standard InChI is InChI=1S/C26H33F/c1-2-3-4-5-6-7-8-21-9-11-22(12-10-21)23-13-15-24(16-14-23)25-17-19-26(27)20-18-25/h7-16,25-26H,2-6,17-20H2,1H3. The van der Waals surface area contributed by atoms with Gasteiger partial charge in [0.2, 0.25) is 0 Å². The molecular formula is C26H33F. The zero-order valence-corrected chi connectivity index (χ0v) is 16.7. The highest BCUT2D eigenvalue weighted by molar-refractivity contribution is 5.66. The van der Waals surface area contributed by atoms with Gasteiger partial charge >= 0.3 is 0 Å². The lowest BCUT2D eigenvalue weighted by molar-refractivity contribution is 0.235. The molecule has 1 fully saturated rings. The fourth-order valence-electron chi connectivity index (χ4n) is 4.03. The van der Waals surface area contributed by atoms with E-state index in [-0.39, 0.29) is 0 Å². The molecule has 0 saturated heterocycles. The fraction of sp³-hybridized carbons (Fsp3) is 0.462. The lowest BCUT2D eigenvalue weighted by atomic mass is 9.83. The molecule has 0 aliphatic heterocycles. The Balaban J connectivity index is 1.54. The number of hydrogen-bond acceptors (Lipinski definition) is 0. The maximum atomic E-state index is 13.3. The molecule has 0 atom stereocenters. The molecule has 0 spiro atoms. The zero-order chi connectivity index (χ0) is 18.9. The minimum atomic E-state index is -0.579. The first-order valence-electron chi connectivity index (χ1n) is 10.8. The Bertz CT molecular complexity index is 688. The van der Waals surface area contributed by atoms with Crippen LogP contribution in [0.2, 0.25) is 0 Å². The molecule has 0 aromatic heterocycles. The highest BCUT2D eigenvalue weighted by atomic mass is 19.1. The molecule has 3 rings (SSSR count). The van der Waals surface area contributed by atoms with Crippen LogP contribution in [0.5, 0.6) is 0 Å². The van der Waals surface area contributed by atoms with E-state index in [4.69, 9.17) is 0 Å². The van der Waals surface area contributed by atoms with Crippen molar-refractivity contribution in [2.24, 2.45) is 0 Å². The summed E-state index contributed by atoms with van der Waals surface area (Å²) in [7, 11) is 0. The number of rotatable bonds is 8. The van der Waals surface area contributed by atoms with Crippen LogP contribution < -0.4 is 0 Å². The van der Waals surface area contributed by atoms with Crippen LogP contribution in [0.1, 0.15) is 81.8 Å². The van der Waals surface area contributed by atoms with Crippen molar-refractivity contribution in [1.29, 1.82) is 0 Å². The molecule has 2 aromatic carbocycles. The van der Waals surface area contributed by atoms with Crippen LogP contribution in [-0.4, -0.2) is 6.17 Å². The predicted octanol–water partition coefficient (Wildman–Crippen LogP) is 8.33. The van der Waals surface area contributed by atoms with Gasteiger partial charge in [0, 0.05) is 0 Å². The monoisotopic (exact) mass is 364 g/mol. The molecule has 0 unspecified atom stereocenters. The summed E-state index contributed by atoms with van der Waals surface area (Å²) in [5.41, 5.74) is 5.16. The average Bonchev–Trinajstić information content (AvgIpc) is 2.72. The minimum absolute atomic E-state index is 0.538. The van der Waals surface area contributed by atoms with E-state index in [9.17, 15) is 4.39 Å². The quantitative estimate of drug-likeness (QED) is 0.413. The third kappa shape index (κ3) is 6.06. The van der Waals surface area contributed by atoms with Crippen LogP contribution in [0, 0.1) is 0 Å². The van der Waals surface area contributed by atoms with Crippen LogP contribution in [0.4, 0.5) is 4.39 Å². The van der Waals surface area contributed by atoms with E-state index in [0.717, 1.165) is 25.7 Å². The number of allylic oxidation sites excluding steroid dienone is 1. The third-order valence-corrected chi connectivity index (χ3v) is 5.82. The largest absolute Gasteiger partial charge is 0.247 e. The van der Waals surface area contributed by atoms with E-state index in [1.54, 1.807) is 0 Å². The first-order valence-corrected chi connectivity index (χ1v) is 10.8. The Kier molecular flexibility index (Phi) is 7.68. The lowest BCUT2D eigenvalue weighted by Crippen LogP contribution is -2.13. The van der Waals surface area contributed by atoms with Crippen molar-refractivity contribution in [2.45, 2.75) is 76.8 Å². The highest BCUT2D eigenvalue weighted by Gasteiger charge is 2.21. The highest BCUT2D eigenvalue weighted by Crippen LogP contribution is 2.34. The van der Waals surface area contributed by atoms with Gasteiger partial charge in [-0.15, -0.1) is 0 Å². The Morgan fingerprint density at radius 2 is 1.44 bits per heavy atom. The van der Waals surface area contributed by atoms with Crippen molar-refractivity contribution in [2.75, 3.05) is 0 Å². The summed E-state index contributed by atoms with van der Waals surface area (Å²) < 4.78 is 13.3. The number of hydrogen-bond donors (Lipinski definition) is 0. The molecule has 1 heteroatoms. The Morgan fingerprint density at radius 3 is 2.07 bits per heavy atom. The molecule has 0 bridgehead atoms. The zero-order valence-electron chi connectivity index (χ0n) is 16.7. The predicted molar refractivity (Wildman–Crippen MR) is 116 cm³/mol. The van der Waals surface area contributed by atoms with Crippen LogP contribution in [-0.2, 0) is 0 Å². The van der Waals surface area contributed by atoms with Gasteiger partial charge < -0.3 is 0 Å². The summed E-state index contributed by atoms with van der Waals surface area (Å²) in [6.07, 6.45) is 13.8. The van der Waals surface area contributed by atoms with Gasteiger partial charge in [0.05, 0.1) is 0 Å². The van der Waals surface area contributed by atoms with Crippen molar-refractivity contribution < 1.29 is 4.39 Å². The van der Waals surface area contributed by atoms with Crippen molar-refractivity contribution in [3.05, 3.63) is 65.7 Å². The number of unbranched alkanes of at least 4 members (excludes halogenated alkanes) is 4. The summed E-state index contributed by atoms with van der Waals surface area (Å²) in [5, 5.41) is 0. The Hall–Kier alpha value is -1.89. The van der Waals surface area contributed by atoms with Gasteiger partial charge in [0.1, 0.15) is 6.17 Å². The number of halogens is 1. The second kappa shape index (κ2) is 10.4. The topological polar surface area (TPSA) is 0 Å². The molecule has 2 aromatic rings. The second-order valence-corrected chi connectivity index (χ2v) is 7.94. The first kappa shape index (κ1) is 19.9. The second-order valence-electron chi connectivity index (χ2n) is 7.94. The molecule has 1 aliphatic carbocycles. The molecule has 144 valence electrons. The van der Waals surface area contributed by atoms with E-state index in [0.29, 0.717) is 5.92 Å². The lowest BCUT2D eigenvalue weighted by Gasteiger charge is -2.24. The average molecular weight is 365 g/mol. The Morgan fingerprint density at radius 1 is 0.815 bits per heavy atom. The molecule has 1 aliphatic rings. The van der Waals surface area contributed by atoms with Gasteiger partial charge in [0.15, 0.2) is 0 Å². The van der Waals surface area contributed by atoms with Gasteiger partial charge in [-0.1, -0.05) is 86.9 Å². The summed E-state index contributed by atoms with van der Waals surface area (Å²) >= 11 is 0. The SMILES string of the molecule is CCCCCCC=Cc1ccc(-c2ccc(C3CCC(F)CC3)cc2)cc1. The van der Waals surface area contributed by atoms with Crippen molar-refractivity contribution >= 4 is 6.08 Å². The van der Waals surface area contributed by atoms with Gasteiger partial charge in [0.25, 0.3) is 0 Å². The summed E-state index contributed by atoms with van der Waals surface area (Å²) in [6.45, 7) is 2.25. The Labute approximate surface area is 164 Å². The summed E-state index contributed by atoms with van der Waals surface area (Å²) in [4.78, 5) is 0. The van der Waals surface area contributed by atoms with Crippen molar-refractivity contribution in [3.8, 4) is 11.1 Å². The molecule has 0 N–H and O–H groups in total. The number of benzene rings is 2. The minimum Gasteiger partial charge on any atom is -0.247 e. The maximum Gasteiger partial charge on any atom is 0.100 e. The van der Waals surface area contributed by atoms with Gasteiger partial charge in [-0.2, -0.15) is 0 Å². The molecule has 0 radical (unpaired) electrons.